The minimum Gasteiger partial charge on any atom is -0.346 e. The van der Waals surface area contributed by atoms with Crippen molar-refractivity contribution in [3.63, 3.8) is 0 Å². The number of carbonyl (C=O) groups is 5. The van der Waals surface area contributed by atoms with Gasteiger partial charge >= 0.3 is 6.03 Å². The first-order valence-corrected chi connectivity index (χ1v) is 21.5. The van der Waals surface area contributed by atoms with Gasteiger partial charge in [-0.15, -0.1) is 17.9 Å². The third-order valence-electron chi connectivity index (χ3n) is 11.3. The molecule has 4 atom stereocenters. The van der Waals surface area contributed by atoms with Gasteiger partial charge in [-0.2, -0.15) is 4.31 Å². The van der Waals surface area contributed by atoms with Crippen molar-refractivity contribution in [2.24, 2.45) is 23.2 Å². The van der Waals surface area contributed by atoms with Crippen LogP contribution in [0.15, 0.2) is 29.0 Å². The average Bonchev–Trinajstić information content (AvgIpc) is 3.57. The molecule has 4 aliphatic rings. The van der Waals surface area contributed by atoms with Crippen LogP contribution in [0.25, 0.3) is 0 Å². The zero-order chi connectivity index (χ0) is 38.7. The van der Waals surface area contributed by atoms with E-state index in [1.807, 2.05) is 34.6 Å². The lowest BCUT2D eigenvalue weighted by atomic mass is 9.85. The lowest BCUT2D eigenvalue weighted by Gasteiger charge is -2.39. The molecule has 1 aromatic heterocycles. The van der Waals surface area contributed by atoms with Gasteiger partial charge in [0.2, 0.25) is 27.6 Å². The fourth-order valence-corrected chi connectivity index (χ4v) is 10.9. The molecule has 53 heavy (non-hydrogen) atoms. The van der Waals surface area contributed by atoms with Gasteiger partial charge in [0.1, 0.15) is 12.1 Å². The lowest BCUT2D eigenvalue weighted by molar-refractivity contribution is -0.143. The lowest BCUT2D eigenvalue weighted by Crippen LogP contribution is -2.63. The third kappa shape index (κ3) is 9.69. The molecule has 13 nitrogen and oxygen atoms in total. The quantitative estimate of drug-likeness (QED) is 0.125. The highest BCUT2D eigenvalue weighted by Crippen LogP contribution is 2.38. The first-order valence-electron chi connectivity index (χ1n) is 19.1. The fraction of sp³-hybridized carbons (Fsp3) is 0.711. The number of ketones is 1. The minimum absolute atomic E-state index is 0.00229. The normalized spacial score (nSPS) is 23.7. The summed E-state index contributed by atoms with van der Waals surface area (Å²) in [6.45, 7) is 14.0. The maximum Gasteiger partial charge on any atom is 0.315 e. The Labute approximate surface area is 318 Å². The SMILES string of the molecule is C=CCNC(=O)C(=O)C(CC1CC1)NC(=O)[C@@H]1C[C@@H](C(C)C)CN1C(=O)[C@@H](NC(=O)NC1(CN2Cc3sccc3S2(=O)=O)CCCCCC1)C(C)(C)C. The van der Waals surface area contributed by atoms with E-state index in [0.717, 1.165) is 43.4 Å². The van der Waals surface area contributed by atoms with Gasteiger partial charge in [-0.25, -0.2) is 13.2 Å². The van der Waals surface area contributed by atoms with E-state index in [2.05, 4.69) is 27.8 Å². The second kappa shape index (κ2) is 16.6. The van der Waals surface area contributed by atoms with Crippen molar-refractivity contribution in [1.29, 1.82) is 0 Å². The van der Waals surface area contributed by atoms with Crippen molar-refractivity contribution in [3.8, 4) is 0 Å². The van der Waals surface area contributed by atoms with Crippen molar-refractivity contribution < 1.29 is 32.4 Å². The number of Topliss-reactive ketones (excluding diaryl/α,β-unsaturated/α-hetero) is 1. The van der Waals surface area contributed by atoms with Crippen LogP contribution in [0.4, 0.5) is 4.79 Å². The molecule has 1 aromatic rings. The number of sulfonamides is 1. The third-order valence-corrected chi connectivity index (χ3v) is 14.3. The van der Waals surface area contributed by atoms with Crippen LogP contribution in [-0.4, -0.2) is 90.5 Å². The second-order valence-corrected chi connectivity index (χ2v) is 19.8. The molecule has 15 heteroatoms. The molecule has 2 saturated carbocycles. The molecule has 5 amide bonds. The molecule has 3 fully saturated rings. The average molecular weight is 775 g/mol. The van der Waals surface area contributed by atoms with Gasteiger partial charge in [0.15, 0.2) is 0 Å². The number of urea groups is 1. The summed E-state index contributed by atoms with van der Waals surface area (Å²) in [5.74, 6) is -2.02. The summed E-state index contributed by atoms with van der Waals surface area (Å²) in [7, 11) is -3.69. The van der Waals surface area contributed by atoms with Gasteiger partial charge in [0, 0.05) is 31.1 Å². The van der Waals surface area contributed by atoms with E-state index in [1.165, 1.54) is 26.6 Å². The molecular weight excluding hydrogens is 717 g/mol. The van der Waals surface area contributed by atoms with E-state index in [0.29, 0.717) is 37.1 Å². The summed E-state index contributed by atoms with van der Waals surface area (Å²) in [5.41, 5.74) is -1.59. The van der Waals surface area contributed by atoms with Crippen LogP contribution in [0, 0.1) is 23.2 Å². The van der Waals surface area contributed by atoms with E-state index in [4.69, 9.17) is 0 Å². The summed E-state index contributed by atoms with van der Waals surface area (Å²) in [6, 6.07) is -1.87. The van der Waals surface area contributed by atoms with E-state index in [1.54, 1.807) is 11.4 Å². The number of rotatable bonds is 14. The standard InChI is InChI=1S/C38H58N6O7S2/c1-7-17-39-34(47)31(45)27(19-25-12-13-25)40-33(46)28-20-26(24(2)3)21-44(28)35(48)32(37(4,5)6)41-36(49)42-38(15-10-8-9-11-16-38)23-43-22-29-30(14-18-52-29)53(43,50)51/h7,14,18,24-28,32H,1,8-13,15-17,19-23H2,2-6H3,(H,39,47)(H,40,46)(H2,41,42,49)/t26-,27?,28+,32-/m1/s1. The zero-order valence-electron chi connectivity index (χ0n) is 31.9. The van der Waals surface area contributed by atoms with E-state index >= 15 is 0 Å². The Morgan fingerprint density at radius 2 is 1.74 bits per heavy atom. The Morgan fingerprint density at radius 3 is 2.32 bits per heavy atom. The van der Waals surface area contributed by atoms with Gasteiger partial charge in [0.25, 0.3) is 5.91 Å². The summed E-state index contributed by atoms with van der Waals surface area (Å²) >= 11 is 1.41. The predicted molar refractivity (Wildman–Crippen MR) is 203 cm³/mol. The van der Waals surface area contributed by atoms with Crippen LogP contribution >= 0.6 is 11.3 Å². The number of fused-ring (bicyclic) bond motifs is 1. The molecule has 1 unspecified atom stereocenters. The Bertz CT molecular complexity index is 1660. The maximum absolute atomic E-state index is 14.6. The molecule has 2 aliphatic heterocycles. The Balaban J connectivity index is 1.34. The smallest absolute Gasteiger partial charge is 0.315 e. The number of nitrogens with zero attached hydrogens (tertiary/aromatic N) is 2. The number of hydrogen-bond donors (Lipinski definition) is 4. The van der Waals surface area contributed by atoms with Crippen molar-refractivity contribution in [2.75, 3.05) is 19.6 Å². The molecular formula is C38H58N6O7S2. The van der Waals surface area contributed by atoms with Crippen molar-refractivity contribution in [1.82, 2.24) is 30.5 Å². The van der Waals surface area contributed by atoms with Gasteiger partial charge in [-0.05, 0) is 60.3 Å². The number of likely N-dealkylation sites (tertiary alicyclic amines) is 1. The molecule has 294 valence electrons. The Kier molecular flexibility index (Phi) is 12.8. The molecule has 0 aromatic carbocycles. The van der Waals surface area contributed by atoms with E-state index < -0.39 is 68.6 Å². The van der Waals surface area contributed by atoms with E-state index in [-0.39, 0.29) is 37.4 Å². The maximum atomic E-state index is 14.6. The van der Waals surface area contributed by atoms with Crippen LogP contribution in [0.1, 0.15) is 104 Å². The van der Waals surface area contributed by atoms with Crippen LogP contribution in [-0.2, 0) is 35.7 Å². The van der Waals surface area contributed by atoms with Gasteiger partial charge in [0.05, 0.1) is 16.5 Å². The number of amides is 5. The van der Waals surface area contributed by atoms with Crippen molar-refractivity contribution in [2.45, 2.75) is 134 Å². The molecule has 0 bridgehead atoms. The fourth-order valence-electron chi connectivity index (χ4n) is 7.93. The summed E-state index contributed by atoms with van der Waals surface area (Å²) in [4.78, 5) is 71.1. The zero-order valence-corrected chi connectivity index (χ0v) is 33.5. The highest BCUT2D eigenvalue weighted by Gasteiger charge is 2.48. The second-order valence-electron chi connectivity index (χ2n) is 16.9. The summed E-state index contributed by atoms with van der Waals surface area (Å²) in [5, 5.41) is 13.3. The number of carbonyl (C=O) groups excluding carboxylic acids is 5. The van der Waals surface area contributed by atoms with Crippen molar-refractivity contribution >= 4 is 50.9 Å². The summed E-state index contributed by atoms with van der Waals surface area (Å²) in [6.07, 6.45) is 8.87. The highest BCUT2D eigenvalue weighted by atomic mass is 32.2. The van der Waals surface area contributed by atoms with Crippen LogP contribution in [0.2, 0.25) is 0 Å². The predicted octanol–water partition coefficient (Wildman–Crippen LogP) is 4.09. The van der Waals surface area contributed by atoms with Gasteiger partial charge in [-0.1, -0.05) is 79.2 Å². The topological polar surface area (TPSA) is 174 Å². The number of thiophene rings is 1. The molecule has 3 heterocycles. The Morgan fingerprint density at radius 1 is 1.06 bits per heavy atom. The summed E-state index contributed by atoms with van der Waals surface area (Å²) < 4.78 is 28.4. The highest BCUT2D eigenvalue weighted by molar-refractivity contribution is 7.89. The molecule has 5 rings (SSSR count). The molecule has 4 N–H and O–H groups in total. The monoisotopic (exact) mass is 774 g/mol. The van der Waals surface area contributed by atoms with Crippen LogP contribution < -0.4 is 21.3 Å². The number of hydrogen-bond acceptors (Lipinski definition) is 8. The molecule has 0 spiro atoms. The molecule has 0 radical (unpaired) electrons. The minimum atomic E-state index is -3.69. The van der Waals surface area contributed by atoms with Gasteiger partial charge in [-0.3, -0.25) is 19.2 Å². The molecule has 2 aliphatic carbocycles. The Hall–Kier alpha value is -3.30. The first kappa shape index (κ1) is 40.9. The van der Waals surface area contributed by atoms with Crippen LogP contribution in [0.5, 0.6) is 0 Å². The largest absolute Gasteiger partial charge is 0.346 e. The van der Waals surface area contributed by atoms with E-state index in [9.17, 15) is 32.4 Å². The number of nitrogens with one attached hydrogen (secondary N) is 4. The molecule has 1 saturated heterocycles. The van der Waals surface area contributed by atoms with Crippen molar-refractivity contribution in [3.05, 3.63) is 29.0 Å². The van der Waals surface area contributed by atoms with Gasteiger partial charge < -0.3 is 26.2 Å². The van der Waals surface area contributed by atoms with Crippen LogP contribution in [0.3, 0.4) is 0 Å². The first-order chi connectivity index (χ1) is 25.0.